The summed E-state index contributed by atoms with van der Waals surface area (Å²) in [6.45, 7) is 2.07. The maximum absolute atomic E-state index is 13.0. The van der Waals surface area contributed by atoms with E-state index in [1.54, 1.807) is 0 Å². The largest absolute Gasteiger partial charge is 0.422 e. The molecule has 2 atom stereocenters. The highest BCUT2D eigenvalue weighted by Gasteiger charge is 2.42. The Labute approximate surface area is 147 Å². The van der Waals surface area contributed by atoms with Crippen molar-refractivity contribution in [3.05, 3.63) is 81.7 Å². The summed E-state index contributed by atoms with van der Waals surface area (Å²) in [6, 6.07) is 18.3. The number of rotatable bonds is 2. The Balaban J connectivity index is 1.81. The van der Waals surface area contributed by atoms with E-state index in [1.807, 2.05) is 30.3 Å². The monoisotopic (exact) mass is 328 g/mol. The third-order valence-electron chi connectivity index (χ3n) is 5.83. The lowest BCUT2D eigenvalue weighted by atomic mass is 9.85. The van der Waals surface area contributed by atoms with E-state index in [-0.39, 0.29) is 5.63 Å². The summed E-state index contributed by atoms with van der Waals surface area (Å²) in [7, 11) is 0. The zero-order chi connectivity index (χ0) is 17.0. The molecule has 2 heteroatoms. The standard InChI is InChI=1S/C23H20O2/c1-14-7-9-16(10-8-14)22-20-18-12-11-17(13-18)19(20)21(23(24)25-22)15-5-3-2-4-6-15/h2-10,17-18H,11-13H2,1H3/t17-,18+/m0/s1. The summed E-state index contributed by atoms with van der Waals surface area (Å²) in [5.41, 5.74) is 6.35. The molecule has 2 bridgehead atoms. The Morgan fingerprint density at radius 3 is 2.24 bits per heavy atom. The number of benzene rings is 2. The van der Waals surface area contributed by atoms with E-state index < -0.39 is 0 Å². The molecule has 0 saturated heterocycles. The number of aryl methyl sites for hydroxylation is 1. The topological polar surface area (TPSA) is 30.2 Å². The first-order valence-corrected chi connectivity index (χ1v) is 9.05. The highest BCUT2D eigenvalue weighted by Crippen LogP contribution is 2.57. The normalized spacial score (nSPS) is 20.7. The fourth-order valence-electron chi connectivity index (χ4n) is 4.70. The van der Waals surface area contributed by atoms with Gasteiger partial charge in [0.2, 0.25) is 0 Å². The second kappa shape index (κ2) is 5.45. The van der Waals surface area contributed by atoms with Gasteiger partial charge in [-0.3, -0.25) is 0 Å². The zero-order valence-corrected chi connectivity index (χ0v) is 14.3. The molecule has 0 radical (unpaired) electrons. The Hall–Kier alpha value is -2.61. The van der Waals surface area contributed by atoms with Gasteiger partial charge in [-0.1, -0.05) is 60.2 Å². The molecular weight excluding hydrogens is 308 g/mol. The van der Waals surface area contributed by atoms with Gasteiger partial charge in [0.1, 0.15) is 5.76 Å². The Bertz CT molecular complexity index is 997. The zero-order valence-electron chi connectivity index (χ0n) is 14.3. The van der Waals surface area contributed by atoms with Gasteiger partial charge in [-0.15, -0.1) is 0 Å². The van der Waals surface area contributed by atoms with E-state index in [2.05, 4.69) is 31.2 Å². The number of fused-ring (bicyclic) bond motifs is 5. The summed E-state index contributed by atoms with van der Waals surface area (Å²) in [6.07, 6.45) is 3.56. The highest BCUT2D eigenvalue weighted by atomic mass is 16.4. The molecule has 0 unspecified atom stereocenters. The fourth-order valence-corrected chi connectivity index (χ4v) is 4.70. The first kappa shape index (κ1) is 14.7. The van der Waals surface area contributed by atoms with Gasteiger partial charge in [0.05, 0.1) is 5.56 Å². The molecule has 1 aromatic heterocycles. The predicted octanol–water partition coefficient (Wildman–Crippen LogP) is 5.65. The summed E-state index contributed by atoms with van der Waals surface area (Å²) < 4.78 is 5.93. The molecule has 1 fully saturated rings. The van der Waals surface area contributed by atoms with E-state index >= 15 is 0 Å². The summed E-state index contributed by atoms with van der Waals surface area (Å²) in [5, 5.41) is 0. The van der Waals surface area contributed by atoms with Crippen molar-refractivity contribution in [2.24, 2.45) is 0 Å². The molecule has 2 nitrogen and oxygen atoms in total. The van der Waals surface area contributed by atoms with Crippen molar-refractivity contribution in [1.82, 2.24) is 0 Å². The molecule has 1 saturated carbocycles. The summed E-state index contributed by atoms with van der Waals surface area (Å²) in [4.78, 5) is 13.0. The van der Waals surface area contributed by atoms with E-state index in [0.29, 0.717) is 11.8 Å². The van der Waals surface area contributed by atoms with Crippen molar-refractivity contribution < 1.29 is 4.42 Å². The van der Waals surface area contributed by atoms with Gasteiger partial charge in [-0.25, -0.2) is 4.79 Å². The molecule has 5 rings (SSSR count). The minimum Gasteiger partial charge on any atom is -0.422 e. The molecule has 1 heterocycles. The second-order valence-corrected chi connectivity index (χ2v) is 7.36. The van der Waals surface area contributed by atoms with Crippen LogP contribution in [0, 0.1) is 6.92 Å². The average molecular weight is 328 g/mol. The first-order chi connectivity index (χ1) is 12.2. The van der Waals surface area contributed by atoms with Crippen LogP contribution in [-0.4, -0.2) is 0 Å². The quantitative estimate of drug-likeness (QED) is 0.609. The van der Waals surface area contributed by atoms with Gasteiger partial charge in [-0.05, 0) is 49.1 Å². The van der Waals surface area contributed by atoms with Gasteiger partial charge in [0.25, 0.3) is 0 Å². The molecule has 124 valence electrons. The van der Waals surface area contributed by atoms with Crippen molar-refractivity contribution in [2.75, 3.05) is 0 Å². The highest BCUT2D eigenvalue weighted by molar-refractivity contribution is 5.76. The molecule has 2 aliphatic carbocycles. The number of hydrogen-bond donors (Lipinski definition) is 0. The van der Waals surface area contributed by atoms with Crippen molar-refractivity contribution in [3.63, 3.8) is 0 Å². The second-order valence-electron chi connectivity index (χ2n) is 7.36. The molecular formula is C23H20O2. The maximum Gasteiger partial charge on any atom is 0.344 e. The molecule has 0 N–H and O–H groups in total. The van der Waals surface area contributed by atoms with Crippen LogP contribution in [0.1, 0.15) is 47.8 Å². The molecule has 0 aliphatic heterocycles. The molecule has 0 amide bonds. The van der Waals surface area contributed by atoms with Crippen molar-refractivity contribution in [2.45, 2.75) is 38.0 Å². The summed E-state index contributed by atoms with van der Waals surface area (Å²) in [5.74, 6) is 1.83. The van der Waals surface area contributed by atoms with E-state index in [0.717, 1.165) is 28.9 Å². The van der Waals surface area contributed by atoms with Crippen LogP contribution in [0.25, 0.3) is 22.5 Å². The molecule has 2 aliphatic rings. The van der Waals surface area contributed by atoms with Crippen LogP contribution in [-0.2, 0) is 0 Å². The van der Waals surface area contributed by atoms with Gasteiger partial charge in [-0.2, -0.15) is 0 Å². The lowest BCUT2D eigenvalue weighted by molar-refractivity contribution is 0.512. The van der Waals surface area contributed by atoms with Gasteiger partial charge >= 0.3 is 5.63 Å². The van der Waals surface area contributed by atoms with Gasteiger partial charge < -0.3 is 4.42 Å². The Morgan fingerprint density at radius 2 is 1.52 bits per heavy atom. The Kier molecular flexibility index (Phi) is 3.21. The predicted molar refractivity (Wildman–Crippen MR) is 99.9 cm³/mol. The van der Waals surface area contributed by atoms with Crippen LogP contribution in [0.2, 0.25) is 0 Å². The number of hydrogen-bond acceptors (Lipinski definition) is 2. The maximum atomic E-state index is 13.0. The van der Waals surface area contributed by atoms with Crippen LogP contribution in [0.15, 0.2) is 63.8 Å². The van der Waals surface area contributed by atoms with Crippen LogP contribution < -0.4 is 5.63 Å². The third kappa shape index (κ3) is 2.21. The molecule has 3 aromatic rings. The van der Waals surface area contributed by atoms with E-state index in [9.17, 15) is 4.79 Å². The van der Waals surface area contributed by atoms with Gasteiger partial charge in [0, 0.05) is 11.1 Å². The smallest absolute Gasteiger partial charge is 0.344 e. The minimum absolute atomic E-state index is 0.201. The van der Waals surface area contributed by atoms with Crippen molar-refractivity contribution in [3.8, 4) is 22.5 Å². The lowest BCUT2D eigenvalue weighted by Crippen LogP contribution is -2.13. The fraction of sp³-hybridized carbons (Fsp3) is 0.261. The van der Waals surface area contributed by atoms with Crippen LogP contribution in [0.5, 0.6) is 0 Å². The Morgan fingerprint density at radius 1 is 0.840 bits per heavy atom. The van der Waals surface area contributed by atoms with Crippen molar-refractivity contribution in [1.29, 1.82) is 0 Å². The average Bonchev–Trinajstić information content (AvgIpc) is 3.25. The summed E-state index contributed by atoms with van der Waals surface area (Å²) >= 11 is 0. The van der Waals surface area contributed by atoms with Crippen LogP contribution >= 0.6 is 0 Å². The molecule has 2 aromatic carbocycles. The van der Waals surface area contributed by atoms with Crippen molar-refractivity contribution >= 4 is 0 Å². The van der Waals surface area contributed by atoms with Crippen LogP contribution in [0.3, 0.4) is 0 Å². The lowest BCUT2D eigenvalue weighted by Gasteiger charge is -2.21. The SMILES string of the molecule is Cc1ccc(-c2oc(=O)c(-c3ccccc3)c3c2[C@@H]2CC[C@H]3C2)cc1. The van der Waals surface area contributed by atoms with Gasteiger partial charge in [0.15, 0.2) is 0 Å². The third-order valence-corrected chi connectivity index (χ3v) is 5.83. The van der Waals surface area contributed by atoms with E-state index in [1.165, 1.54) is 29.5 Å². The molecule has 25 heavy (non-hydrogen) atoms. The first-order valence-electron chi connectivity index (χ1n) is 9.05. The van der Waals surface area contributed by atoms with E-state index in [4.69, 9.17) is 4.42 Å². The minimum atomic E-state index is -0.201. The molecule has 0 spiro atoms. The van der Waals surface area contributed by atoms with Crippen LogP contribution in [0.4, 0.5) is 0 Å².